The highest BCUT2D eigenvalue weighted by Gasteiger charge is 2.23. The minimum absolute atomic E-state index is 0.0504. The van der Waals surface area contributed by atoms with E-state index >= 15 is 0 Å². The number of nitrogens with one attached hydrogen (secondary N) is 4. The first-order valence-electron chi connectivity index (χ1n) is 24.3. The quantitative estimate of drug-likeness (QED) is 0.0280. The molecule has 20 heteroatoms. The highest BCUT2D eigenvalue weighted by Crippen LogP contribution is 2.32. The maximum atomic E-state index is 12.9. The van der Waals surface area contributed by atoms with Gasteiger partial charge in [0.1, 0.15) is 47.3 Å². The van der Waals surface area contributed by atoms with Crippen LogP contribution in [0.15, 0.2) is 146 Å². The molecule has 0 bridgehead atoms. The van der Waals surface area contributed by atoms with Crippen molar-refractivity contribution in [3.05, 3.63) is 180 Å². The van der Waals surface area contributed by atoms with E-state index in [-0.39, 0.29) is 13.1 Å². The number of ether oxygens (including phenoxy) is 6. The lowest BCUT2D eigenvalue weighted by Gasteiger charge is -2.15. The van der Waals surface area contributed by atoms with Crippen LogP contribution >= 0.6 is 0 Å². The van der Waals surface area contributed by atoms with Gasteiger partial charge in [0.05, 0.1) is 23.4 Å². The number of amides is 2. The van der Waals surface area contributed by atoms with Crippen molar-refractivity contribution in [3.8, 4) is 23.0 Å². The summed E-state index contributed by atoms with van der Waals surface area (Å²) in [5, 5.41) is 13.5. The summed E-state index contributed by atoms with van der Waals surface area (Å²) in [5.74, 6) is 0.154. The monoisotopic (exact) mass is 1050 g/mol. The predicted octanol–water partition coefficient (Wildman–Crippen LogP) is 9.22. The molecule has 0 saturated carbocycles. The first-order chi connectivity index (χ1) is 37.8. The lowest BCUT2D eigenvalue weighted by atomic mass is 10.1. The zero-order valence-corrected chi connectivity index (χ0v) is 43.3. The van der Waals surface area contributed by atoms with E-state index in [1.54, 1.807) is 36.7 Å². The van der Waals surface area contributed by atoms with Crippen LogP contribution in [-0.2, 0) is 38.1 Å². The van der Waals surface area contributed by atoms with Crippen molar-refractivity contribution >= 4 is 80.7 Å². The van der Waals surface area contributed by atoms with Crippen LogP contribution in [-0.4, -0.2) is 93.5 Å². The molecule has 4 N–H and O–H groups in total. The summed E-state index contributed by atoms with van der Waals surface area (Å²) in [6.07, 6.45) is 11.5. The molecule has 8 aromatic rings. The lowest BCUT2D eigenvalue weighted by Crippen LogP contribution is -2.39. The van der Waals surface area contributed by atoms with Gasteiger partial charge in [0, 0.05) is 73.0 Å². The summed E-state index contributed by atoms with van der Waals surface area (Å²) in [6.45, 7) is 7.83. The number of carbonyl (C=O) groups excluding carboxylic acids is 4. The van der Waals surface area contributed by atoms with Crippen molar-refractivity contribution in [2.75, 3.05) is 37.9 Å². The smallest absolute Gasteiger partial charge is 0.333 e. The van der Waals surface area contributed by atoms with E-state index in [2.05, 4.69) is 51.2 Å². The molecule has 4 heterocycles. The van der Waals surface area contributed by atoms with E-state index in [0.29, 0.717) is 34.6 Å². The van der Waals surface area contributed by atoms with Crippen LogP contribution in [0.1, 0.15) is 33.6 Å². The Labute approximate surface area is 448 Å². The summed E-state index contributed by atoms with van der Waals surface area (Å²) < 4.78 is 32.3. The topological polar surface area (TPSA) is 249 Å². The van der Waals surface area contributed by atoms with Gasteiger partial charge in [0.2, 0.25) is 0 Å². The number of rotatable bonds is 22. The third kappa shape index (κ3) is 14.9. The van der Waals surface area contributed by atoms with Gasteiger partial charge >= 0.3 is 11.9 Å². The minimum atomic E-state index is -1.65. The second-order valence-electron chi connectivity index (χ2n) is 17.3. The fraction of sp³-hybridized carbons (Fsp3) is 0.172. The summed E-state index contributed by atoms with van der Waals surface area (Å²) in [4.78, 5) is 77.2. The van der Waals surface area contributed by atoms with Crippen LogP contribution in [0.5, 0.6) is 23.0 Å². The Balaban J connectivity index is 0.769. The van der Waals surface area contributed by atoms with Crippen molar-refractivity contribution in [2.45, 2.75) is 40.3 Å². The summed E-state index contributed by atoms with van der Waals surface area (Å²) >= 11 is 0. The predicted molar refractivity (Wildman–Crippen MR) is 293 cm³/mol. The molecule has 4 aromatic carbocycles. The minimum Gasteiger partial charge on any atom is -0.455 e. The number of aryl methyl sites for hydroxylation is 4. The maximum absolute atomic E-state index is 12.9. The van der Waals surface area contributed by atoms with E-state index in [1.807, 2.05) is 125 Å². The first kappa shape index (κ1) is 54.3. The number of hydrogen-bond donors (Lipinski definition) is 4. The van der Waals surface area contributed by atoms with Gasteiger partial charge in [-0.3, -0.25) is 19.6 Å². The Morgan fingerprint density at radius 3 is 1.33 bits per heavy atom. The molecular formula is C58H54N10O10. The van der Waals surface area contributed by atoms with Crippen molar-refractivity contribution in [2.24, 2.45) is 0 Å². The van der Waals surface area contributed by atoms with Gasteiger partial charge in [-0.2, -0.15) is 0 Å². The molecular weight excluding hydrogens is 997 g/mol. The maximum Gasteiger partial charge on any atom is 0.333 e. The molecule has 0 aliphatic rings. The van der Waals surface area contributed by atoms with E-state index in [1.165, 1.54) is 26.9 Å². The Hall–Kier alpha value is -9.92. The Morgan fingerprint density at radius 2 is 0.949 bits per heavy atom. The molecule has 8 rings (SSSR count). The molecule has 2 amide bonds. The third-order valence-electron chi connectivity index (χ3n) is 11.5. The average molecular weight is 1050 g/mol. The number of esters is 2. The van der Waals surface area contributed by atoms with Crippen LogP contribution in [0.2, 0.25) is 0 Å². The summed E-state index contributed by atoms with van der Waals surface area (Å²) in [7, 11) is 2.35. The van der Waals surface area contributed by atoms with E-state index in [0.717, 1.165) is 79.0 Å². The number of hydrogen-bond acceptors (Lipinski definition) is 18. The molecule has 0 saturated heterocycles. The Morgan fingerprint density at radius 1 is 0.513 bits per heavy atom. The van der Waals surface area contributed by atoms with Crippen LogP contribution in [0.3, 0.4) is 0 Å². The molecule has 4 aromatic heterocycles. The van der Waals surface area contributed by atoms with Crippen molar-refractivity contribution in [3.63, 3.8) is 0 Å². The molecule has 0 fully saturated rings. The number of anilines is 4. The third-order valence-corrected chi connectivity index (χ3v) is 11.5. The van der Waals surface area contributed by atoms with Crippen LogP contribution in [0.4, 0.5) is 23.0 Å². The van der Waals surface area contributed by atoms with Crippen molar-refractivity contribution in [1.29, 1.82) is 0 Å². The van der Waals surface area contributed by atoms with Crippen LogP contribution in [0.25, 0.3) is 34.0 Å². The van der Waals surface area contributed by atoms with Crippen LogP contribution in [0, 0.1) is 27.7 Å². The highest BCUT2D eigenvalue weighted by molar-refractivity contribution is 5.95. The number of fused-ring (bicyclic) bond motifs is 2. The van der Waals surface area contributed by atoms with Gasteiger partial charge in [-0.25, -0.2) is 29.5 Å². The van der Waals surface area contributed by atoms with E-state index in [4.69, 9.17) is 28.4 Å². The van der Waals surface area contributed by atoms with Gasteiger partial charge in [-0.1, -0.05) is 36.4 Å². The molecule has 20 nitrogen and oxygen atoms in total. The summed E-state index contributed by atoms with van der Waals surface area (Å²) in [5.41, 5.74) is 8.25. The lowest BCUT2D eigenvalue weighted by molar-refractivity contribution is -0.178. The standard InChI is InChI=1S/C58H54N10O10/c1-35-27-41(15-21-49(35)75-43-17-11-37(3)61-31-43)67-53-45-29-39(13-19-47(45)63-33-65-53)9-7-25-59-55(71)57(73-5)77-51(69)23-24-52(70)78-58(74-6)56(72)60-26-8-10-40-14-20-48-46(30-40)54(66-34-64-48)68-42-16-22-50(36(2)28-42)76-44-18-12-38(4)62-32-44/h7-24,27-34,57-58H,25-26H2,1-6H3,(H,59,71)(H,60,72)(H,63,65,67)(H,64,66,68)/b9-7+,10-8+,24-23-. The summed E-state index contributed by atoms with van der Waals surface area (Å²) in [6, 6.07) is 30.2. The van der Waals surface area contributed by atoms with Gasteiger partial charge < -0.3 is 49.7 Å². The van der Waals surface area contributed by atoms with Gasteiger partial charge in [-0.05, 0) is 135 Å². The fourth-order valence-corrected chi connectivity index (χ4v) is 7.51. The van der Waals surface area contributed by atoms with E-state index in [9.17, 15) is 19.2 Å². The average Bonchev–Trinajstić information content (AvgIpc) is 3.47. The number of benzene rings is 4. The van der Waals surface area contributed by atoms with Gasteiger partial charge in [0.15, 0.2) is 0 Å². The SMILES string of the molecule is COC(OC(=O)/C=C\C(=O)OC(OC)C(=O)NC/C=C/c1ccc2ncnc(Nc3ccc(Oc4ccc(C)nc4)c(C)c3)c2c1)C(=O)NC/C=C/c1ccc2ncnc(Nc3ccc(Oc4ccc(C)nc4)c(C)c3)c2c1. The van der Waals surface area contributed by atoms with Crippen LogP contribution < -0.4 is 30.7 Å². The molecule has 2 atom stereocenters. The number of aromatic nitrogens is 6. The molecule has 78 heavy (non-hydrogen) atoms. The van der Waals surface area contributed by atoms with E-state index < -0.39 is 36.3 Å². The fourth-order valence-electron chi connectivity index (χ4n) is 7.51. The first-order valence-corrected chi connectivity index (χ1v) is 24.3. The van der Waals surface area contributed by atoms with Gasteiger partial charge in [-0.15, -0.1) is 0 Å². The number of pyridine rings is 2. The number of methoxy groups -OCH3 is 2. The normalized spacial score (nSPS) is 12.1. The Bertz CT molecular complexity index is 3320. The molecule has 0 aliphatic heterocycles. The molecule has 0 spiro atoms. The zero-order valence-electron chi connectivity index (χ0n) is 43.3. The Kier molecular flexibility index (Phi) is 18.1. The largest absolute Gasteiger partial charge is 0.455 e. The molecule has 0 radical (unpaired) electrons. The van der Waals surface area contributed by atoms with Gasteiger partial charge in [0.25, 0.3) is 24.4 Å². The molecule has 0 aliphatic carbocycles. The molecule has 2 unspecified atom stereocenters. The zero-order chi connectivity index (χ0) is 55.0. The number of nitrogens with zero attached hydrogens (tertiary/aromatic N) is 6. The number of carbonyl (C=O) groups is 4. The second-order valence-corrected chi connectivity index (χ2v) is 17.3. The molecule has 396 valence electrons. The highest BCUT2D eigenvalue weighted by atomic mass is 16.7. The van der Waals surface area contributed by atoms with Crippen molar-refractivity contribution in [1.82, 2.24) is 40.5 Å². The van der Waals surface area contributed by atoms with Crippen molar-refractivity contribution < 1.29 is 47.6 Å². The second kappa shape index (κ2) is 26.0.